The number of hydrogen-bond acceptors (Lipinski definition) is 4. The van der Waals surface area contributed by atoms with Gasteiger partial charge >= 0.3 is 0 Å². The number of rotatable bonds is 3. The number of thiophene rings is 1. The molecule has 0 radical (unpaired) electrons. The molecule has 46 heavy (non-hydrogen) atoms. The van der Waals surface area contributed by atoms with Crippen LogP contribution in [0, 0.1) is 6.92 Å². The Morgan fingerprint density at radius 2 is 1.33 bits per heavy atom. The Morgan fingerprint density at radius 1 is 0.674 bits per heavy atom. The van der Waals surface area contributed by atoms with Crippen LogP contribution in [0.1, 0.15) is 42.9 Å². The van der Waals surface area contributed by atoms with Crippen LogP contribution in [0.3, 0.4) is 0 Å². The van der Waals surface area contributed by atoms with Crippen molar-refractivity contribution in [1.29, 1.82) is 0 Å². The van der Waals surface area contributed by atoms with Gasteiger partial charge in [-0.1, -0.05) is 92.2 Å². The van der Waals surface area contributed by atoms with E-state index < -0.39 is 0 Å². The van der Waals surface area contributed by atoms with Crippen molar-refractivity contribution >= 4 is 79.6 Å². The van der Waals surface area contributed by atoms with Gasteiger partial charge in [-0.05, 0) is 101 Å². The number of para-hydroxylation sites is 2. The maximum absolute atomic E-state index is 2.65. The molecule has 1 fully saturated rings. The molecule has 5 aromatic carbocycles. The van der Waals surface area contributed by atoms with Crippen molar-refractivity contribution in [2.24, 2.45) is 0 Å². The molecule has 2 atom stereocenters. The average molecular weight is 629 g/mol. The Kier molecular flexibility index (Phi) is 5.67. The van der Waals surface area contributed by atoms with Crippen molar-refractivity contribution in [2.45, 2.75) is 48.2 Å². The topological polar surface area (TPSA) is 6.48 Å². The van der Waals surface area contributed by atoms with Gasteiger partial charge in [-0.15, -0.1) is 23.1 Å². The molecule has 1 aliphatic carbocycles. The van der Waals surface area contributed by atoms with Crippen LogP contribution in [0.15, 0.2) is 132 Å². The molecule has 0 N–H and O–H groups in total. The first kappa shape index (κ1) is 27.0. The predicted molar refractivity (Wildman–Crippen MR) is 198 cm³/mol. The summed E-state index contributed by atoms with van der Waals surface area (Å²) in [4.78, 5) is 6.53. The minimum Gasteiger partial charge on any atom is -0.311 e. The lowest BCUT2D eigenvalue weighted by atomic mass is 9.34. The molecule has 4 heterocycles. The first-order chi connectivity index (χ1) is 22.6. The lowest BCUT2D eigenvalue weighted by Gasteiger charge is -2.44. The van der Waals surface area contributed by atoms with Crippen molar-refractivity contribution in [1.82, 2.24) is 0 Å². The summed E-state index contributed by atoms with van der Waals surface area (Å²) in [5.74, 6) is 0. The molecule has 0 spiro atoms. The maximum atomic E-state index is 2.65. The molecule has 0 saturated heterocycles. The van der Waals surface area contributed by atoms with Crippen molar-refractivity contribution in [3.8, 4) is 0 Å². The SMILES string of the molecule is Cc1cc2c3c(c1)N(c1ccccc1)c1sccc1B3c1cc3c(cc1N2c1ccccc1)SC1(c2ccccc2)CCCC31C. The smallest absolute Gasteiger partial charge is 0.253 e. The molecule has 3 aliphatic heterocycles. The molecule has 1 saturated carbocycles. The minimum atomic E-state index is 0.0664. The molecular weight excluding hydrogens is 595 g/mol. The van der Waals surface area contributed by atoms with Gasteiger partial charge in [-0.2, -0.15) is 0 Å². The Hall–Kier alpha value is -4.19. The largest absolute Gasteiger partial charge is 0.311 e. The molecule has 0 amide bonds. The van der Waals surface area contributed by atoms with Crippen molar-refractivity contribution in [3.63, 3.8) is 0 Å². The standard InChI is InChI=1S/C41H33BN2S2/c1-27-23-35-38-36(24-27)44(30-17-10-5-11-18-30)39-32(19-22-45-39)42(38)33-25-31-37(26-34(33)43(35)29-15-8-4-9-16-29)46-41(21-12-20-40(31,41)2)28-13-6-3-7-14-28/h3-11,13-19,22-26H,12,20-21H2,1-2H3. The Labute approximate surface area is 279 Å². The molecule has 2 unspecified atom stereocenters. The van der Waals surface area contributed by atoms with Gasteiger partial charge in [-0.3, -0.25) is 0 Å². The average Bonchev–Trinajstić information content (AvgIpc) is 3.76. The van der Waals surface area contributed by atoms with Crippen LogP contribution in [-0.2, 0) is 10.2 Å². The summed E-state index contributed by atoms with van der Waals surface area (Å²) < 4.78 is 0.0664. The fourth-order valence-corrected chi connectivity index (χ4v) is 12.0. The second kappa shape index (κ2) is 9.67. The van der Waals surface area contributed by atoms with Gasteiger partial charge in [-0.25, -0.2) is 0 Å². The first-order valence-corrected chi connectivity index (χ1v) is 18.1. The van der Waals surface area contributed by atoms with Crippen LogP contribution in [0.25, 0.3) is 0 Å². The summed E-state index contributed by atoms with van der Waals surface area (Å²) in [5.41, 5.74) is 15.0. The second-order valence-electron chi connectivity index (χ2n) is 13.6. The molecule has 5 heteroatoms. The summed E-state index contributed by atoms with van der Waals surface area (Å²) in [6, 6.07) is 45.8. The van der Waals surface area contributed by atoms with Crippen molar-refractivity contribution in [3.05, 3.63) is 143 Å². The number of hydrogen-bond donors (Lipinski definition) is 0. The number of aryl methyl sites for hydroxylation is 1. The Balaban J connectivity index is 1.27. The van der Waals surface area contributed by atoms with E-state index >= 15 is 0 Å². The van der Waals surface area contributed by atoms with Gasteiger partial charge in [0.15, 0.2) is 0 Å². The van der Waals surface area contributed by atoms with Crippen molar-refractivity contribution in [2.75, 3.05) is 9.80 Å². The third kappa shape index (κ3) is 3.45. The van der Waals surface area contributed by atoms with E-state index in [-0.39, 0.29) is 16.9 Å². The third-order valence-electron chi connectivity index (χ3n) is 11.2. The zero-order chi connectivity index (χ0) is 30.6. The lowest BCUT2D eigenvalue weighted by molar-refractivity contribution is 0.403. The molecular formula is C41H33BN2S2. The van der Waals surface area contributed by atoms with Crippen molar-refractivity contribution < 1.29 is 0 Å². The highest BCUT2D eigenvalue weighted by atomic mass is 32.2. The predicted octanol–water partition coefficient (Wildman–Crippen LogP) is 9.58. The van der Waals surface area contributed by atoms with Gasteiger partial charge < -0.3 is 9.80 Å². The number of fused-ring (bicyclic) bond motifs is 7. The molecule has 0 bridgehead atoms. The van der Waals surface area contributed by atoms with Gasteiger partial charge in [0.05, 0.1) is 9.75 Å². The summed E-state index contributed by atoms with van der Waals surface area (Å²) in [6.45, 7) is 4.99. The maximum Gasteiger partial charge on any atom is 0.253 e. The van der Waals surface area contributed by atoms with Gasteiger partial charge in [0, 0.05) is 38.7 Å². The Bertz CT molecular complexity index is 2160. The highest BCUT2D eigenvalue weighted by Crippen LogP contribution is 2.69. The summed E-state index contributed by atoms with van der Waals surface area (Å²) in [5, 5.41) is 3.63. The van der Waals surface area contributed by atoms with E-state index in [9.17, 15) is 0 Å². The number of thioether (sulfide) groups is 1. The number of benzene rings is 5. The van der Waals surface area contributed by atoms with E-state index in [1.54, 1.807) is 5.56 Å². The van der Waals surface area contributed by atoms with Crippen LogP contribution in [0.5, 0.6) is 0 Å². The third-order valence-corrected chi connectivity index (χ3v) is 13.9. The van der Waals surface area contributed by atoms with Crippen LogP contribution in [0.4, 0.5) is 33.4 Å². The van der Waals surface area contributed by atoms with E-state index in [0.29, 0.717) is 0 Å². The minimum absolute atomic E-state index is 0.0664. The summed E-state index contributed by atoms with van der Waals surface area (Å²) in [7, 11) is 0. The van der Waals surface area contributed by atoms with Crippen LogP contribution < -0.4 is 26.2 Å². The van der Waals surface area contributed by atoms with Gasteiger partial charge in [0.1, 0.15) is 0 Å². The molecule has 6 aromatic rings. The molecule has 2 nitrogen and oxygen atoms in total. The molecule has 1 aromatic heterocycles. The van der Waals surface area contributed by atoms with E-state index in [0.717, 1.165) is 0 Å². The Morgan fingerprint density at radius 3 is 2.04 bits per heavy atom. The van der Waals surface area contributed by atoms with E-state index in [4.69, 9.17) is 0 Å². The van der Waals surface area contributed by atoms with Crippen LogP contribution >= 0.6 is 23.1 Å². The van der Waals surface area contributed by atoms with Crippen LogP contribution in [0.2, 0.25) is 0 Å². The van der Waals surface area contributed by atoms with E-state index in [1.807, 2.05) is 11.3 Å². The first-order valence-electron chi connectivity index (χ1n) is 16.4. The lowest BCUT2D eigenvalue weighted by Crippen LogP contribution is -2.61. The highest BCUT2D eigenvalue weighted by Gasteiger charge is 2.60. The zero-order valence-corrected chi connectivity index (χ0v) is 27.7. The van der Waals surface area contributed by atoms with Crippen LogP contribution in [-0.4, -0.2) is 6.71 Å². The fourth-order valence-electron chi connectivity index (χ4n) is 9.17. The van der Waals surface area contributed by atoms with Gasteiger partial charge in [0.25, 0.3) is 6.71 Å². The van der Waals surface area contributed by atoms with E-state index in [1.165, 1.54) is 85.1 Å². The number of anilines is 6. The summed E-state index contributed by atoms with van der Waals surface area (Å²) >= 11 is 4.00. The molecule has 4 aliphatic rings. The van der Waals surface area contributed by atoms with E-state index in [2.05, 4.69) is 162 Å². The molecule has 10 rings (SSSR count). The second-order valence-corrected chi connectivity index (χ2v) is 15.8. The summed E-state index contributed by atoms with van der Waals surface area (Å²) in [6.07, 6.45) is 3.70. The molecule has 222 valence electrons. The quantitative estimate of drug-likeness (QED) is 0.180. The van der Waals surface area contributed by atoms with Gasteiger partial charge in [0.2, 0.25) is 0 Å². The monoisotopic (exact) mass is 628 g/mol. The zero-order valence-electron chi connectivity index (χ0n) is 26.0. The normalized spacial score (nSPS) is 21.8. The fraction of sp³-hybridized carbons (Fsp3) is 0.171. The number of nitrogens with zero attached hydrogens (tertiary/aromatic N) is 2. The highest BCUT2D eigenvalue weighted by molar-refractivity contribution is 8.00.